The predicted molar refractivity (Wildman–Crippen MR) is 109 cm³/mol. The van der Waals surface area contributed by atoms with E-state index in [9.17, 15) is 0 Å². The quantitative estimate of drug-likeness (QED) is 0.444. The second kappa shape index (κ2) is 6.18. The smallest absolute Gasteiger partial charge is 0.328 e. The van der Waals surface area contributed by atoms with Gasteiger partial charge >= 0.3 is 5.65 Å². The first-order chi connectivity index (χ1) is 14.3. The lowest BCUT2D eigenvalue weighted by molar-refractivity contribution is -0.556. The molecule has 0 atom stereocenters. The average molecular weight is 402 g/mol. The van der Waals surface area contributed by atoms with E-state index >= 15 is 0 Å². The zero-order valence-corrected chi connectivity index (χ0v) is 15.8. The van der Waals surface area contributed by atoms with Crippen molar-refractivity contribution in [2.24, 2.45) is 0 Å². The van der Waals surface area contributed by atoms with Gasteiger partial charge in [0.15, 0.2) is 17.0 Å². The highest BCUT2D eigenvalue weighted by Crippen LogP contribution is 2.33. The van der Waals surface area contributed by atoms with Crippen LogP contribution in [-0.4, -0.2) is 21.7 Å². The molecule has 0 aliphatic carbocycles. The highest BCUT2D eigenvalue weighted by molar-refractivity contribution is 6.30. The van der Waals surface area contributed by atoms with E-state index in [1.165, 1.54) is 0 Å². The van der Waals surface area contributed by atoms with Crippen molar-refractivity contribution >= 4 is 33.9 Å². The van der Waals surface area contributed by atoms with Crippen LogP contribution in [-0.2, 0) is 0 Å². The van der Waals surface area contributed by atoms with Crippen molar-refractivity contribution < 1.29 is 14.0 Å². The number of H-pyrrole nitrogens is 1. The van der Waals surface area contributed by atoms with E-state index in [0.717, 1.165) is 39.5 Å². The van der Waals surface area contributed by atoms with Crippen molar-refractivity contribution in [3.8, 4) is 28.6 Å². The van der Waals surface area contributed by atoms with Gasteiger partial charge in [0.2, 0.25) is 12.6 Å². The Balaban J connectivity index is 1.68. The molecule has 0 saturated heterocycles. The van der Waals surface area contributed by atoms with Gasteiger partial charge < -0.3 is 9.47 Å². The summed E-state index contributed by atoms with van der Waals surface area (Å²) in [7, 11) is 0. The molecule has 5 aromatic rings. The largest absolute Gasteiger partial charge is 0.454 e. The predicted octanol–water partition coefficient (Wildman–Crippen LogP) is 4.44. The Hall–Kier alpha value is -3.64. The van der Waals surface area contributed by atoms with Gasteiger partial charge in [-0.1, -0.05) is 28.7 Å². The van der Waals surface area contributed by atoms with Crippen LogP contribution in [0.5, 0.6) is 11.5 Å². The lowest BCUT2D eigenvalue weighted by Gasteiger charge is -2.05. The van der Waals surface area contributed by atoms with E-state index in [4.69, 9.17) is 31.0 Å². The van der Waals surface area contributed by atoms with E-state index in [1.807, 2.05) is 71.3 Å². The number of aromatic amines is 1. The van der Waals surface area contributed by atoms with Crippen LogP contribution in [0.2, 0.25) is 5.02 Å². The zero-order chi connectivity index (χ0) is 19.4. The summed E-state index contributed by atoms with van der Waals surface area (Å²) in [4.78, 5) is 13.1. The van der Waals surface area contributed by atoms with E-state index in [1.54, 1.807) is 0 Å². The lowest BCUT2D eigenvalue weighted by atomic mass is 10.2. The SMILES string of the molecule is Clc1ccc(-c2[nH]c3nc4ccccc4nc3[n+]2-c2ccc3c(c2)OCO3)cc1. The first kappa shape index (κ1) is 16.3. The monoisotopic (exact) mass is 401 g/mol. The van der Waals surface area contributed by atoms with E-state index in [0.29, 0.717) is 16.4 Å². The molecule has 1 N–H and O–H groups in total. The normalized spacial score (nSPS) is 12.7. The van der Waals surface area contributed by atoms with Gasteiger partial charge in [0.1, 0.15) is 11.2 Å². The van der Waals surface area contributed by atoms with Crippen LogP contribution in [0.3, 0.4) is 0 Å². The van der Waals surface area contributed by atoms with Crippen molar-refractivity contribution in [2.75, 3.05) is 6.79 Å². The maximum absolute atomic E-state index is 6.10. The van der Waals surface area contributed by atoms with Crippen LogP contribution in [0.4, 0.5) is 0 Å². The number of nitrogens with zero attached hydrogens (tertiary/aromatic N) is 3. The van der Waals surface area contributed by atoms with Gasteiger partial charge in [-0.05, 0) is 48.5 Å². The van der Waals surface area contributed by atoms with Crippen molar-refractivity contribution in [1.82, 2.24) is 15.0 Å². The average Bonchev–Trinajstić information content (AvgIpc) is 3.36. The third-order valence-electron chi connectivity index (χ3n) is 4.96. The number of hydrogen-bond acceptors (Lipinski definition) is 4. The molecule has 0 amide bonds. The van der Waals surface area contributed by atoms with Crippen LogP contribution in [0.15, 0.2) is 66.7 Å². The highest BCUT2D eigenvalue weighted by Gasteiger charge is 2.26. The number of ether oxygens (including phenoxy) is 2. The summed E-state index contributed by atoms with van der Waals surface area (Å²) in [6.07, 6.45) is 0. The highest BCUT2D eigenvalue weighted by atomic mass is 35.5. The second-order valence-corrected chi connectivity index (χ2v) is 7.17. The van der Waals surface area contributed by atoms with Crippen molar-refractivity contribution in [3.05, 3.63) is 71.8 Å². The van der Waals surface area contributed by atoms with Crippen LogP contribution in [0.25, 0.3) is 39.4 Å². The van der Waals surface area contributed by atoms with Gasteiger partial charge in [0.25, 0.3) is 5.65 Å². The molecule has 3 aromatic carbocycles. The van der Waals surface area contributed by atoms with Gasteiger partial charge in [-0.25, -0.2) is 4.98 Å². The zero-order valence-electron chi connectivity index (χ0n) is 15.1. The molecule has 6 nitrogen and oxygen atoms in total. The summed E-state index contributed by atoms with van der Waals surface area (Å²) >= 11 is 6.10. The molecule has 2 aromatic heterocycles. The summed E-state index contributed by atoms with van der Waals surface area (Å²) in [5, 5.41) is 0.682. The van der Waals surface area contributed by atoms with Gasteiger partial charge in [0, 0.05) is 16.7 Å². The van der Waals surface area contributed by atoms with Crippen molar-refractivity contribution in [3.63, 3.8) is 0 Å². The molecule has 6 rings (SSSR count). The van der Waals surface area contributed by atoms with Gasteiger partial charge in [0.05, 0.1) is 0 Å². The number of nitrogens with one attached hydrogen (secondary N) is 1. The molecular weight excluding hydrogens is 388 g/mol. The maximum Gasteiger partial charge on any atom is 0.328 e. The fourth-order valence-corrected chi connectivity index (χ4v) is 3.72. The maximum atomic E-state index is 6.10. The summed E-state index contributed by atoms with van der Waals surface area (Å²) in [6.45, 7) is 0.228. The van der Waals surface area contributed by atoms with Crippen LogP contribution in [0, 0.1) is 0 Å². The molecule has 140 valence electrons. The number of para-hydroxylation sites is 2. The Labute approximate surface area is 170 Å². The lowest BCUT2D eigenvalue weighted by Crippen LogP contribution is -2.32. The van der Waals surface area contributed by atoms with Crippen LogP contribution >= 0.6 is 11.6 Å². The van der Waals surface area contributed by atoms with E-state index < -0.39 is 0 Å². The fourth-order valence-electron chi connectivity index (χ4n) is 3.59. The molecule has 1 aliphatic heterocycles. The topological polar surface area (TPSA) is 63.9 Å². The van der Waals surface area contributed by atoms with E-state index in [2.05, 4.69) is 4.98 Å². The van der Waals surface area contributed by atoms with Crippen molar-refractivity contribution in [1.29, 1.82) is 0 Å². The minimum Gasteiger partial charge on any atom is -0.454 e. The van der Waals surface area contributed by atoms with Gasteiger partial charge in [-0.2, -0.15) is 4.57 Å². The molecule has 0 bridgehead atoms. The Morgan fingerprint density at radius 2 is 1.62 bits per heavy atom. The van der Waals surface area contributed by atoms with Crippen LogP contribution in [0.1, 0.15) is 0 Å². The summed E-state index contributed by atoms with van der Waals surface area (Å²) < 4.78 is 13.1. The fraction of sp³-hybridized carbons (Fsp3) is 0.0455. The summed E-state index contributed by atoms with van der Waals surface area (Å²) in [6, 6.07) is 21.3. The summed E-state index contributed by atoms with van der Waals surface area (Å²) in [5.74, 6) is 2.30. The molecule has 0 fully saturated rings. The number of halogens is 1. The molecule has 0 unspecified atom stereocenters. The van der Waals surface area contributed by atoms with Crippen LogP contribution < -0.4 is 14.0 Å². The molecule has 7 heteroatoms. The van der Waals surface area contributed by atoms with Gasteiger partial charge in [-0.3, -0.25) is 4.98 Å². The Morgan fingerprint density at radius 1 is 0.862 bits per heavy atom. The standard InChI is InChI=1S/C22H13ClN4O2/c23-14-7-5-13(6-8-14)21-26-20-22(25-17-4-2-1-3-16(17)24-20)27(21)15-9-10-18-19(11-15)29-12-28-18/h1-11H,12H2/p+1. The Kier molecular flexibility index (Phi) is 3.48. The molecule has 0 radical (unpaired) electrons. The third-order valence-corrected chi connectivity index (χ3v) is 5.21. The van der Waals surface area contributed by atoms with E-state index in [-0.39, 0.29) is 6.79 Å². The molecule has 0 spiro atoms. The number of benzene rings is 3. The number of imidazole rings is 1. The number of aromatic nitrogens is 4. The minimum atomic E-state index is 0.228. The number of fused-ring (bicyclic) bond motifs is 3. The number of hydrogen-bond donors (Lipinski definition) is 1. The number of rotatable bonds is 2. The Bertz CT molecular complexity index is 1400. The van der Waals surface area contributed by atoms with Gasteiger partial charge in [-0.15, -0.1) is 0 Å². The third kappa shape index (κ3) is 2.61. The molecular formula is C22H14ClN4O2+. The Morgan fingerprint density at radius 3 is 2.45 bits per heavy atom. The summed E-state index contributed by atoms with van der Waals surface area (Å²) in [5.41, 5.74) is 4.96. The molecule has 1 aliphatic rings. The molecule has 0 saturated carbocycles. The molecule has 29 heavy (non-hydrogen) atoms. The first-order valence-electron chi connectivity index (χ1n) is 9.13. The second-order valence-electron chi connectivity index (χ2n) is 6.74. The minimum absolute atomic E-state index is 0.228. The van der Waals surface area contributed by atoms with Crippen molar-refractivity contribution in [2.45, 2.75) is 0 Å². The molecule has 3 heterocycles. The first-order valence-corrected chi connectivity index (χ1v) is 9.50.